The predicted molar refractivity (Wildman–Crippen MR) is 139 cm³/mol. The molecule has 36 heavy (non-hydrogen) atoms. The third-order valence-corrected chi connectivity index (χ3v) is 7.49. The smallest absolute Gasteiger partial charge is 0.409 e. The van der Waals surface area contributed by atoms with E-state index in [1.807, 2.05) is 11.0 Å². The number of pyridine rings is 1. The number of anilines is 1. The Kier molecular flexibility index (Phi) is 7.51. The van der Waals surface area contributed by atoms with Gasteiger partial charge in [0.15, 0.2) is 0 Å². The van der Waals surface area contributed by atoms with Gasteiger partial charge in [-0.15, -0.1) is 0 Å². The van der Waals surface area contributed by atoms with Crippen LogP contribution in [0.2, 0.25) is 0 Å². The maximum absolute atomic E-state index is 13.2. The number of furan rings is 1. The van der Waals surface area contributed by atoms with E-state index in [-0.39, 0.29) is 24.1 Å². The summed E-state index contributed by atoms with van der Waals surface area (Å²) in [6.45, 7) is 5.71. The van der Waals surface area contributed by atoms with E-state index in [2.05, 4.69) is 0 Å². The second-order valence-electron chi connectivity index (χ2n) is 8.23. The second kappa shape index (κ2) is 10.6. The van der Waals surface area contributed by atoms with Gasteiger partial charge in [-0.2, -0.15) is 5.26 Å². The molecule has 188 valence electrons. The van der Waals surface area contributed by atoms with E-state index >= 15 is 0 Å². The lowest BCUT2D eigenvalue weighted by molar-refractivity contribution is -0.122. The van der Waals surface area contributed by atoms with Gasteiger partial charge in [0.1, 0.15) is 27.5 Å². The molecule has 10 nitrogen and oxygen atoms in total. The summed E-state index contributed by atoms with van der Waals surface area (Å²) in [6, 6.07) is 5.52. The Morgan fingerprint density at radius 2 is 2.03 bits per heavy atom. The van der Waals surface area contributed by atoms with Gasteiger partial charge in [-0.05, 0) is 37.6 Å². The number of hydrogen-bond donors (Lipinski definition) is 0. The number of hydrogen-bond acceptors (Lipinski definition) is 9. The Labute approximate surface area is 217 Å². The quantitative estimate of drug-likeness (QED) is 0.428. The standard InChI is InChI=1S/C24H25N5O5S2/c1-4-33-23(32)28-9-7-27(8-10-28)20-17(15(2)18(13-25)21(30)26(20)3)12-19-22(31)29(24(35)36-19)14-16-6-5-11-34-16/h5-6,11-12H,4,7-10,14H2,1-3H3. The van der Waals surface area contributed by atoms with Crippen LogP contribution in [0.1, 0.15) is 29.4 Å². The monoisotopic (exact) mass is 527 g/mol. The van der Waals surface area contributed by atoms with Crippen LogP contribution in [0.3, 0.4) is 0 Å². The molecule has 0 atom stereocenters. The Morgan fingerprint density at radius 3 is 2.64 bits per heavy atom. The van der Waals surface area contributed by atoms with Gasteiger partial charge < -0.3 is 19.0 Å². The number of thiocarbonyl (C=S) groups is 1. The first-order chi connectivity index (χ1) is 17.3. The molecule has 12 heteroatoms. The van der Waals surface area contributed by atoms with Crippen molar-refractivity contribution >= 4 is 52.2 Å². The summed E-state index contributed by atoms with van der Waals surface area (Å²) >= 11 is 6.61. The topological polar surface area (TPSA) is 112 Å². The zero-order valence-electron chi connectivity index (χ0n) is 20.1. The molecule has 0 N–H and O–H groups in total. The van der Waals surface area contributed by atoms with Gasteiger partial charge >= 0.3 is 6.09 Å². The number of nitriles is 1. The van der Waals surface area contributed by atoms with Crippen molar-refractivity contribution in [1.82, 2.24) is 14.4 Å². The van der Waals surface area contributed by atoms with Crippen LogP contribution >= 0.6 is 24.0 Å². The number of piperazine rings is 1. The molecule has 0 saturated carbocycles. The zero-order valence-corrected chi connectivity index (χ0v) is 21.8. The predicted octanol–water partition coefficient (Wildman–Crippen LogP) is 2.84. The largest absolute Gasteiger partial charge is 0.467 e. The Morgan fingerprint density at radius 1 is 1.31 bits per heavy atom. The summed E-state index contributed by atoms with van der Waals surface area (Å²) < 4.78 is 12.3. The first-order valence-corrected chi connectivity index (χ1v) is 12.6. The highest BCUT2D eigenvalue weighted by Crippen LogP contribution is 2.36. The fraction of sp³-hybridized carbons (Fsp3) is 0.375. The maximum Gasteiger partial charge on any atom is 0.409 e. The number of carbonyl (C=O) groups is 2. The van der Waals surface area contributed by atoms with E-state index < -0.39 is 5.56 Å². The molecule has 2 aliphatic heterocycles. The summed E-state index contributed by atoms with van der Waals surface area (Å²) in [5.74, 6) is 0.917. The number of amides is 2. The molecule has 0 aliphatic carbocycles. The van der Waals surface area contributed by atoms with Crippen molar-refractivity contribution in [3.63, 3.8) is 0 Å². The minimum Gasteiger partial charge on any atom is -0.467 e. The van der Waals surface area contributed by atoms with Crippen LogP contribution in [0.25, 0.3) is 6.08 Å². The molecule has 2 aromatic heterocycles. The number of rotatable bonds is 5. The van der Waals surface area contributed by atoms with Gasteiger partial charge in [-0.1, -0.05) is 24.0 Å². The highest BCUT2D eigenvalue weighted by atomic mass is 32.2. The summed E-state index contributed by atoms with van der Waals surface area (Å²) in [7, 11) is 1.61. The summed E-state index contributed by atoms with van der Waals surface area (Å²) in [5, 5.41) is 9.67. The van der Waals surface area contributed by atoms with E-state index in [0.29, 0.717) is 64.7 Å². The van der Waals surface area contributed by atoms with Crippen LogP contribution in [0.5, 0.6) is 0 Å². The van der Waals surface area contributed by atoms with E-state index in [1.165, 1.54) is 15.7 Å². The highest BCUT2D eigenvalue weighted by Gasteiger charge is 2.34. The molecule has 0 bridgehead atoms. The van der Waals surface area contributed by atoms with Crippen molar-refractivity contribution in [1.29, 1.82) is 5.26 Å². The SMILES string of the molecule is CCOC(=O)N1CCN(c2c(C=C3SC(=S)N(Cc4ccco4)C3=O)c(C)c(C#N)c(=O)n2C)CC1. The van der Waals surface area contributed by atoms with Crippen molar-refractivity contribution < 1.29 is 18.7 Å². The first kappa shape index (κ1) is 25.5. The van der Waals surface area contributed by atoms with Crippen molar-refractivity contribution in [3.05, 3.63) is 56.1 Å². The van der Waals surface area contributed by atoms with Crippen LogP contribution in [0.15, 0.2) is 32.5 Å². The maximum atomic E-state index is 13.2. The van der Waals surface area contributed by atoms with Crippen molar-refractivity contribution in [2.45, 2.75) is 20.4 Å². The highest BCUT2D eigenvalue weighted by molar-refractivity contribution is 8.26. The minimum absolute atomic E-state index is 0.0173. The number of thioether (sulfide) groups is 1. The van der Waals surface area contributed by atoms with Gasteiger partial charge in [0.05, 0.1) is 24.3 Å². The van der Waals surface area contributed by atoms with Gasteiger partial charge in [0.2, 0.25) is 0 Å². The lowest BCUT2D eigenvalue weighted by Gasteiger charge is -2.37. The molecule has 0 aromatic carbocycles. The molecular formula is C24H25N5O5S2. The van der Waals surface area contributed by atoms with Crippen LogP contribution in [-0.2, 0) is 23.1 Å². The molecule has 4 heterocycles. The van der Waals surface area contributed by atoms with Crippen molar-refractivity contribution in [2.75, 3.05) is 37.7 Å². The Hall–Kier alpha value is -3.56. The molecule has 0 unspecified atom stereocenters. The average Bonchev–Trinajstić information content (AvgIpc) is 3.47. The molecule has 4 rings (SSSR count). The van der Waals surface area contributed by atoms with Gasteiger partial charge in [0.25, 0.3) is 11.5 Å². The van der Waals surface area contributed by atoms with Crippen molar-refractivity contribution in [3.8, 4) is 6.07 Å². The summed E-state index contributed by atoms with van der Waals surface area (Å²) in [6.07, 6.45) is 2.86. The molecule has 2 fully saturated rings. The Balaban J connectivity index is 1.71. The summed E-state index contributed by atoms with van der Waals surface area (Å²) in [5.41, 5.74) is 0.681. The van der Waals surface area contributed by atoms with E-state index in [9.17, 15) is 19.6 Å². The first-order valence-electron chi connectivity index (χ1n) is 11.3. The molecule has 0 spiro atoms. The number of aromatic nitrogens is 1. The molecule has 2 aromatic rings. The van der Waals surface area contributed by atoms with Gasteiger partial charge in [-0.25, -0.2) is 4.79 Å². The fourth-order valence-electron chi connectivity index (χ4n) is 4.24. The number of ether oxygens (including phenoxy) is 1. The lowest BCUT2D eigenvalue weighted by atomic mass is 10.0. The normalized spacial score (nSPS) is 17.2. The molecule has 2 aliphatic rings. The molecular weight excluding hydrogens is 502 g/mol. The third-order valence-electron chi connectivity index (χ3n) is 6.12. The fourth-order valence-corrected chi connectivity index (χ4v) is 5.47. The lowest BCUT2D eigenvalue weighted by Crippen LogP contribution is -2.50. The minimum atomic E-state index is -0.416. The van der Waals surface area contributed by atoms with Crippen molar-refractivity contribution in [2.24, 2.45) is 7.05 Å². The van der Waals surface area contributed by atoms with Gasteiger partial charge in [-0.3, -0.25) is 19.1 Å². The van der Waals surface area contributed by atoms with Crippen LogP contribution in [-0.4, -0.2) is 63.5 Å². The van der Waals surface area contributed by atoms with Crippen LogP contribution < -0.4 is 10.5 Å². The van der Waals surface area contributed by atoms with E-state index in [1.54, 1.807) is 44.0 Å². The van der Waals surface area contributed by atoms with E-state index in [0.717, 1.165) is 11.8 Å². The zero-order chi connectivity index (χ0) is 26.0. The van der Waals surface area contributed by atoms with Crippen LogP contribution in [0, 0.1) is 18.3 Å². The third kappa shape index (κ3) is 4.76. The number of carbonyl (C=O) groups excluding carboxylic acids is 2. The molecule has 2 saturated heterocycles. The van der Waals surface area contributed by atoms with E-state index in [4.69, 9.17) is 21.4 Å². The van der Waals surface area contributed by atoms with Crippen LogP contribution in [0.4, 0.5) is 10.6 Å². The van der Waals surface area contributed by atoms with Gasteiger partial charge in [0, 0.05) is 38.8 Å². The Bertz CT molecular complexity index is 1330. The molecule has 0 radical (unpaired) electrons. The summed E-state index contributed by atoms with van der Waals surface area (Å²) in [4.78, 5) is 43.8. The average molecular weight is 528 g/mol. The second-order valence-corrected chi connectivity index (χ2v) is 9.91. The molecule has 2 amide bonds. The number of nitrogens with zero attached hydrogens (tertiary/aromatic N) is 5.